The third kappa shape index (κ3) is 5.20. The molecule has 0 bridgehead atoms. The van der Waals surface area contributed by atoms with Gasteiger partial charge in [-0.25, -0.2) is 4.79 Å². The number of hydrogen-bond donors (Lipinski definition) is 1. The molecule has 7 nitrogen and oxygen atoms in total. The molecule has 0 radical (unpaired) electrons. The van der Waals surface area contributed by atoms with Crippen molar-refractivity contribution in [2.24, 2.45) is 0 Å². The molecule has 1 N–H and O–H groups in total. The second kappa shape index (κ2) is 9.78. The Morgan fingerprint density at radius 2 is 2.04 bits per heavy atom. The van der Waals surface area contributed by atoms with Crippen molar-refractivity contribution in [3.8, 4) is 6.07 Å². The van der Waals surface area contributed by atoms with Crippen LogP contribution in [0.1, 0.15) is 43.8 Å². The molecular weight excluding hydrogens is 334 g/mol. The maximum Gasteiger partial charge on any atom is 0.349 e. The van der Waals surface area contributed by atoms with E-state index in [4.69, 9.17) is 9.47 Å². The van der Waals surface area contributed by atoms with Crippen molar-refractivity contribution >= 4 is 18.0 Å². The van der Waals surface area contributed by atoms with Gasteiger partial charge in [0.05, 0.1) is 12.6 Å². The minimum Gasteiger partial charge on any atom is -0.448 e. The second-order valence-corrected chi connectivity index (χ2v) is 6.11. The number of amides is 1. The molecule has 7 heteroatoms. The number of nitrogens with one attached hydrogen (secondary N) is 1. The molecule has 1 amide bonds. The zero-order valence-corrected chi connectivity index (χ0v) is 16.3. The molecule has 0 unspecified atom stereocenters. The first kappa shape index (κ1) is 21.5. The topological polar surface area (TPSA) is 93.4 Å². The third-order valence-electron chi connectivity index (χ3n) is 4.02. The number of ether oxygens (including phenoxy) is 2. The number of esters is 1. The monoisotopic (exact) mass is 361 g/mol. The van der Waals surface area contributed by atoms with Crippen LogP contribution >= 0.6 is 0 Å². The number of methoxy groups -OCH3 is 1. The van der Waals surface area contributed by atoms with Crippen LogP contribution in [0.5, 0.6) is 0 Å². The smallest absolute Gasteiger partial charge is 0.349 e. The van der Waals surface area contributed by atoms with Crippen LogP contribution in [0.3, 0.4) is 0 Å². The first-order valence-electron chi connectivity index (χ1n) is 8.54. The Morgan fingerprint density at radius 3 is 2.58 bits per heavy atom. The van der Waals surface area contributed by atoms with Crippen molar-refractivity contribution in [2.45, 2.75) is 46.8 Å². The van der Waals surface area contributed by atoms with Crippen molar-refractivity contribution in [2.75, 3.05) is 20.3 Å². The maximum absolute atomic E-state index is 12.2. The molecule has 0 aliphatic carbocycles. The van der Waals surface area contributed by atoms with Crippen LogP contribution in [0.15, 0.2) is 11.6 Å². The molecule has 0 spiro atoms. The molecule has 1 aromatic heterocycles. The van der Waals surface area contributed by atoms with Crippen LogP contribution in [0, 0.1) is 25.2 Å². The largest absolute Gasteiger partial charge is 0.448 e. The van der Waals surface area contributed by atoms with Crippen molar-refractivity contribution in [3.63, 3.8) is 0 Å². The van der Waals surface area contributed by atoms with Gasteiger partial charge >= 0.3 is 5.97 Å². The lowest BCUT2D eigenvalue weighted by Crippen LogP contribution is -2.35. The Kier molecular flexibility index (Phi) is 8.07. The fourth-order valence-electron chi connectivity index (χ4n) is 2.83. The number of rotatable bonds is 8. The summed E-state index contributed by atoms with van der Waals surface area (Å²) in [7, 11) is 1.64. The maximum atomic E-state index is 12.2. The van der Waals surface area contributed by atoms with E-state index in [-0.39, 0.29) is 11.6 Å². The summed E-state index contributed by atoms with van der Waals surface area (Å²) >= 11 is 0. The molecule has 0 saturated carbocycles. The standard InChI is InChI=1S/C19H27N3O4/c1-7-21-18(23)15(5)26-19(24)17(10-20)9-16-8-12(2)22(14(16)4)13(3)11-25-6/h8-9,13,15H,7,11H2,1-6H3,(H,21,23)/b17-9+/t13-,15+/m1/s1. The van der Waals surface area contributed by atoms with E-state index in [1.54, 1.807) is 14.0 Å². The lowest BCUT2D eigenvalue weighted by molar-refractivity contribution is -0.150. The van der Waals surface area contributed by atoms with Gasteiger partial charge in [0.2, 0.25) is 0 Å². The van der Waals surface area contributed by atoms with Crippen LogP contribution in [-0.2, 0) is 19.1 Å². The second-order valence-electron chi connectivity index (χ2n) is 6.11. The van der Waals surface area contributed by atoms with Gasteiger partial charge in [-0.1, -0.05) is 0 Å². The third-order valence-corrected chi connectivity index (χ3v) is 4.02. The zero-order valence-electron chi connectivity index (χ0n) is 16.3. The van der Waals surface area contributed by atoms with Crippen molar-refractivity contribution in [1.29, 1.82) is 5.26 Å². The number of nitrogens with zero attached hydrogens (tertiary/aromatic N) is 2. The van der Waals surface area contributed by atoms with E-state index in [0.717, 1.165) is 17.0 Å². The van der Waals surface area contributed by atoms with E-state index in [1.807, 2.05) is 32.9 Å². The van der Waals surface area contributed by atoms with Gasteiger partial charge in [-0.05, 0) is 52.3 Å². The molecule has 26 heavy (non-hydrogen) atoms. The van der Waals surface area contributed by atoms with Crippen molar-refractivity contribution in [1.82, 2.24) is 9.88 Å². The predicted molar refractivity (Wildman–Crippen MR) is 98.3 cm³/mol. The van der Waals surface area contributed by atoms with E-state index < -0.39 is 18.0 Å². The highest BCUT2D eigenvalue weighted by molar-refractivity contribution is 5.99. The Balaban J connectivity index is 3.06. The highest BCUT2D eigenvalue weighted by atomic mass is 16.5. The van der Waals surface area contributed by atoms with E-state index in [2.05, 4.69) is 9.88 Å². The predicted octanol–water partition coefficient (Wildman–Crippen LogP) is 2.29. The molecular formula is C19H27N3O4. The Bertz CT molecular complexity index is 728. The lowest BCUT2D eigenvalue weighted by Gasteiger charge is -2.17. The summed E-state index contributed by atoms with van der Waals surface area (Å²) in [5.41, 5.74) is 2.52. The number of hydrogen-bond acceptors (Lipinski definition) is 5. The highest BCUT2D eigenvalue weighted by Gasteiger charge is 2.21. The van der Waals surface area contributed by atoms with Crippen LogP contribution in [0.2, 0.25) is 0 Å². The fourth-order valence-corrected chi connectivity index (χ4v) is 2.83. The Hall–Kier alpha value is -2.59. The van der Waals surface area contributed by atoms with Gasteiger partial charge in [0.15, 0.2) is 6.10 Å². The van der Waals surface area contributed by atoms with Gasteiger partial charge in [-0.3, -0.25) is 4.79 Å². The van der Waals surface area contributed by atoms with Crippen LogP contribution in [-0.4, -0.2) is 42.8 Å². The van der Waals surface area contributed by atoms with Crippen LogP contribution < -0.4 is 5.32 Å². The van der Waals surface area contributed by atoms with Crippen LogP contribution in [0.25, 0.3) is 6.08 Å². The molecule has 2 atom stereocenters. The normalized spacial score (nSPS) is 13.7. The molecule has 1 aromatic rings. The van der Waals surface area contributed by atoms with Gasteiger partial charge < -0.3 is 19.4 Å². The SMILES string of the molecule is CCNC(=O)[C@H](C)OC(=O)/C(C#N)=C/c1cc(C)n([C@H](C)COC)c1C. The van der Waals surface area contributed by atoms with Gasteiger partial charge in [-0.15, -0.1) is 0 Å². The number of nitriles is 1. The van der Waals surface area contributed by atoms with Crippen molar-refractivity contribution in [3.05, 3.63) is 28.6 Å². The van der Waals surface area contributed by atoms with Crippen molar-refractivity contribution < 1.29 is 19.1 Å². The quantitative estimate of drug-likeness (QED) is 0.436. The molecule has 0 fully saturated rings. The molecule has 0 saturated heterocycles. The minimum absolute atomic E-state index is 0.123. The number of likely N-dealkylation sites (N-methyl/N-ethyl adjacent to an activating group) is 1. The van der Waals surface area contributed by atoms with Gasteiger partial charge in [-0.2, -0.15) is 5.26 Å². The first-order valence-corrected chi connectivity index (χ1v) is 8.54. The average molecular weight is 361 g/mol. The van der Waals surface area contributed by atoms with E-state index in [1.165, 1.54) is 13.0 Å². The summed E-state index contributed by atoms with van der Waals surface area (Å²) in [6.07, 6.45) is 0.527. The molecule has 1 heterocycles. The van der Waals surface area contributed by atoms with Crippen LogP contribution in [0.4, 0.5) is 0 Å². The summed E-state index contributed by atoms with van der Waals surface area (Å²) in [6.45, 7) is 10.1. The lowest BCUT2D eigenvalue weighted by atomic mass is 10.1. The number of carbonyl (C=O) groups is 2. The minimum atomic E-state index is -0.964. The van der Waals surface area contributed by atoms with E-state index >= 15 is 0 Å². The molecule has 142 valence electrons. The first-order chi connectivity index (χ1) is 12.3. The number of carbonyl (C=O) groups excluding carboxylic acids is 2. The summed E-state index contributed by atoms with van der Waals surface area (Å²) in [5, 5.41) is 11.9. The summed E-state index contributed by atoms with van der Waals surface area (Å²) in [6, 6.07) is 3.88. The average Bonchev–Trinajstić information content (AvgIpc) is 2.86. The zero-order chi connectivity index (χ0) is 19.9. The van der Waals surface area contributed by atoms with E-state index in [0.29, 0.717) is 13.2 Å². The number of aromatic nitrogens is 1. The highest BCUT2D eigenvalue weighted by Crippen LogP contribution is 2.23. The molecule has 1 rings (SSSR count). The summed E-state index contributed by atoms with van der Waals surface area (Å²) in [4.78, 5) is 23.9. The Labute approximate surface area is 154 Å². The molecule has 0 aromatic carbocycles. The van der Waals surface area contributed by atoms with Gasteiger partial charge in [0.25, 0.3) is 5.91 Å². The Morgan fingerprint density at radius 1 is 1.38 bits per heavy atom. The fraction of sp³-hybridized carbons (Fsp3) is 0.526. The summed E-state index contributed by atoms with van der Waals surface area (Å²) in [5.74, 6) is -1.22. The van der Waals surface area contributed by atoms with Gasteiger partial charge in [0, 0.05) is 25.0 Å². The number of aryl methyl sites for hydroxylation is 1. The molecule has 0 aliphatic rings. The molecule has 0 aliphatic heterocycles. The van der Waals surface area contributed by atoms with E-state index in [9.17, 15) is 14.9 Å². The summed E-state index contributed by atoms with van der Waals surface area (Å²) < 4.78 is 12.4. The van der Waals surface area contributed by atoms with Gasteiger partial charge in [0.1, 0.15) is 11.6 Å².